The van der Waals surface area contributed by atoms with Gasteiger partial charge in [-0.05, 0) is 25.0 Å². The van der Waals surface area contributed by atoms with Crippen LogP contribution in [0.4, 0.5) is 0 Å². The number of benzene rings is 1. The number of aliphatic carboxylic acids is 1. The molecule has 0 amide bonds. The van der Waals surface area contributed by atoms with Gasteiger partial charge in [0.25, 0.3) is 0 Å². The van der Waals surface area contributed by atoms with Gasteiger partial charge < -0.3 is 14.6 Å². The summed E-state index contributed by atoms with van der Waals surface area (Å²) in [7, 11) is 0. The van der Waals surface area contributed by atoms with Crippen LogP contribution in [-0.4, -0.2) is 22.9 Å². The van der Waals surface area contributed by atoms with Crippen molar-refractivity contribution >= 4 is 28.9 Å². The summed E-state index contributed by atoms with van der Waals surface area (Å²) in [5, 5.41) is 10.5. The molecule has 2 aliphatic rings. The maximum Gasteiger partial charge on any atom is 0.312 e. The number of nitrogens with zero attached hydrogens (tertiary/aromatic N) is 1. The van der Waals surface area contributed by atoms with Gasteiger partial charge in [-0.1, -0.05) is 11.6 Å². The van der Waals surface area contributed by atoms with E-state index >= 15 is 0 Å². The number of halogens is 1. The molecule has 1 N–H and O–H groups in total. The predicted octanol–water partition coefficient (Wildman–Crippen LogP) is 3.31. The van der Waals surface area contributed by atoms with Gasteiger partial charge in [-0.25, -0.2) is 4.98 Å². The van der Waals surface area contributed by atoms with Gasteiger partial charge in [-0.3, -0.25) is 4.79 Å². The Kier molecular flexibility index (Phi) is 2.83. The zero-order valence-corrected chi connectivity index (χ0v) is 12.3. The van der Waals surface area contributed by atoms with E-state index in [1.807, 2.05) is 6.07 Å². The molecule has 0 saturated carbocycles. The van der Waals surface area contributed by atoms with E-state index in [1.165, 1.54) is 11.3 Å². The first-order valence-corrected chi connectivity index (χ1v) is 7.65. The summed E-state index contributed by atoms with van der Waals surface area (Å²) in [4.78, 5) is 16.8. The molecule has 5 nitrogen and oxygen atoms in total. The molecular weight excluding hydrogens is 314 g/mol. The Morgan fingerprint density at radius 3 is 3.10 bits per heavy atom. The molecule has 1 atom stereocenters. The lowest BCUT2D eigenvalue weighted by atomic mass is 10.1. The summed E-state index contributed by atoms with van der Waals surface area (Å²) < 4.78 is 10.6. The van der Waals surface area contributed by atoms with Crippen molar-refractivity contribution in [3.05, 3.63) is 27.7 Å². The smallest absolute Gasteiger partial charge is 0.312 e. The normalized spacial score (nSPS) is 18.8. The molecule has 0 fully saturated rings. The Balaban J connectivity index is 1.77. The third kappa shape index (κ3) is 1.98. The lowest BCUT2D eigenvalue weighted by molar-refractivity contribution is -0.138. The number of carboxylic acids is 1. The van der Waals surface area contributed by atoms with Crippen molar-refractivity contribution in [2.75, 3.05) is 6.79 Å². The second-order valence-electron chi connectivity index (χ2n) is 4.95. The van der Waals surface area contributed by atoms with E-state index in [0.29, 0.717) is 28.6 Å². The van der Waals surface area contributed by atoms with Gasteiger partial charge in [0.1, 0.15) is 10.9 Å². The lowest BCUT2D eigenvalue weighted by Gasteiger charge is -2.04. The van der Waals surface area contributed by atoms with Crippen LogP contribution in [0.25, 0.3) is 10.6 Å². The third-order valence-corrected chi connectivity index (χ3v) is 5.15. The molecule has 1 aromatic carbocycles. The Bertz CT molecular complexity index is 758. The summed E-state index contributed by atoms with van der Waals surface area (Å²) >= 11 is 7.70. The Morgan fingerprint density at radius 2 is 2.29 bits per heavy atom. The van der Waals surface area contributed by atoms with Gasteiger partial charge in [0.05, 0.1) is 10.7 Å². The minimum absolute atomic E-state index is 0.161. The zero-order valence-electron chi connectivity index (χ0n) is 10.8. The van der Waals surface area contributed by atoms with E-state index in [0.717, 1.165) is 21.9 Å². The number of carboxylic acid groups (broad SMARTS) is 1. The first kappa shape index (κ1) is 12.9. The Morgan fingerprint density at radius 1 is 1.43 bits per heavy atom. The van der Waals surface area contributed by atoms with Gasteiger partial charge in [0.15, 0.2) is 11.5 Å². The summed E-state index contributed by atoms with van der Waals surface area (Å²) in [6, 6.07) is 3.61. The van der Waals surface area contributed by atoms with Crippen LogP contribution in [-0.2, 0) is 11.2 Å². The van der Waals surface area contributed by atoms with Crippen molar-refractivity contribution in [3.8, 4) is 22.1 Å². The fourth-order valence-corrected chi connectivity index (χ4v) is 4.07. The average Bonchev–Trinajstić information content (AvgIpc) is 3.12. The maximum atomic E-state index is 11.2. The lowest BCUT2D eigenvalue weighted by Crippen LogP contribution is -2.08. The van der Waals surface area contributed by atoms with Crippen LogP contribution in [0, 0.1) is 0 Å². The number of aryl methyl sites for hydroxylation is 1. The second-order valence-corrected chi connectivity index (χ2v) is 6.44. The van der Waals surface area contributed by atoms with Crippen molar-refractivity contribution in [3.63, 3.8) is 0 Å². The largest absolute Gasteiger partial charge is 0.481 e. The topological polar surface area (TPSA) is 68.7 Å². The second kappa shape index (κ2) is 4.61. The van der Waals surface area contributed by atoms with Crippen LogP contribution < -0.4 is 9.47 Å². The zero-order chi connectivity index (χ0) is 14.6. The first-order valence-electron chi connectivity index (χ1n) is 6.45. The number of hydrogen-bond donors (Lipinski definition) is 1. The van der Waals surface area contributed by atoms with Crippen molar-refractivity contribution < 1.29 is 19.4 Å². The minimum Gasteiger partial charge on any atom is -0.481 e. The Hall–Kier alpha value is -1.79. The molecule has 1 aliphatic heterocycles. The fraction of sp³-hybridized carbons (Fsp3) is 0.286. The number of thiazole rings is 1. The van der Waals surface area contributed by atoms with Gasteiger partial charge in [0, 0.05) is 10.4 Å². The van der Waals surface area contributed by atoms with E-state index in [2.05, 4.69) is 4.98 Å². The van der Waals surface area contributed by atoms with Gasteiger partial charge in [-0.2, -0.15) is 0 Å². The number of fused-ring (bicyclic) bond motifs is 2. The van der Waals surface area contributed by atoms with E-state index in [-0.39, 0.29) is 6.79 Å². The fourth-order valence-electron chi connectivity index (χ4n) is 2.68. The highest BCUT2D eigenvalue weighted by molar-refractivity contribution is 7.15. The molecule has 0 spiro atoms. The highest BCUT2D eigenvalue weighted by atomic mass is 35.5. The molecule has 21 heavy (non-hydrogen) atoms. The molecule has 2 heterocycles. The molecular formula is C14H10ClNO4S. The van der Waals surface area contributed by atoms with Crippen LogP contribution in [0.2, 0.25) is 5.02 Å². The number of hydrogen-bond acceptors (Lipinski definition) is 5. The van der Waals surface area contributed by atoms with E-state index in [1.54, 1.807) is 6.07 Å². The number of aromatic nitrogens is 1. The van der Waals surface area contributed by atoms with Gasteiger partial charge >= 0.3 is 5.97 Å². The van der Waals surface area contributed by atoms with E-state index in [4.69, 9.17) is 21.1 Å². The van der Waals surface area contributed by atoms with Gasteiger partial charge in [0.2, 0.25) is 6.79 Å². The molecule has 0 bridgehead atoms. The molecule has 1 aromatic heterocycles. The summed E-state index contributed by atoms with van der Waals surface area (Å²) in [5.41, 5.74) is 1.52. The van der Waals surface area contributed by atoms with Crippen LogP contribution in [0.5, 0.6) is 11.5 Å². The number of ether oxygens (including phenoxy) is 2. The third-order valence-electron chi connectivity index (χ3n) is 3.69. The minimum atomic E-state index is -0.811. The molecule has 1 unspecified atom stereocenters. The molecule has 0 radical (unpaired) electrons. The van der Waals surface area contributed by atoms with Gasteiger partial charge in [-0.15, -0.1) is 11.3 Å². The SMILES string of the molecule is O=C(O)C1CCc2sc(-c3cc(Cl)c4c(c3)OCO4)nc21. The highest BCUT2D eigenvalue weighted by Crippen LogP contribution is 2.45. The number of carbonyl (C=O) groups is 1. The molecule has 4 rings (SSSR count). The van der Waals surface area contributed by atoms with Crippen molar-refractivity contribution in [2.45, 2.75) is 18.8 Å². The molecule has 7 heteroatoms. The van der Waals surface area contributed by atoms with Crippen LogP contribution in [0.1, 0.15) is 22.9 Å². The van der Waals surface area contributed by atoms with E-state index in [9.17, 15) is 9.90 Å². The molecule has 1 aliphatic carbocycles. The molecule has 2 aromatic rings. The molecule has 0 saturated heterocycles. The summed E-state index contributed by atoms with van der Waals surface area (Å²) in [6.07, 6.45) is 1.40. The highest BCUT2D eigenvalue weighted by Gasteiger charge is 2.32. The Labute approximate surface area is 129 Å². The van der Waals surface area contributed by atoms with Crippen LogP contribution in [0.15, 0.2) is 12.1 Å². The van der Waals surface area contributed by atoms with E-state index < -0.39 is 11.9 Å². The van der Waals surface area contributed by atoms with Crippen molar-refractivity contribution in [2.24, 2.45) is 0 Å². The average molecular weight is 324 g/mol. The standard InChI is InChI=1S/C14H10ClNO4S/c15-8-3-6(4-9-12(8)20-5-19-9)13-16-11-7(14(17)18)1-2-10(11)21-13/h3-4,7H,1-2,5H2,(H,17,18). The quantitative estimate of drug-likeness (QED) is 0.918. The first-order chi connectivity index (χ1) is 10.1. The predicted molar refractivity (Wildman–Crippen MR) is 77.4 cm³/mol. The maximum absolute atomic E-state index is 11.2. The number of rotatable bonds is 2. The summed E-state index contributed by atoms with van der Waals surface area (Å²) in [6.45, 7) is 0.161. The molecule has 108 valence electrons. The van der Waals surface area contributed by atoms with Crippen LogP contribution >= 0.6 is 22.9 Å². The van der Waals surface area contributed by atoms with Crippen molar-refractivity contribution in [1.29, 1.82) is 0 Å². The van der Waals surface area contributed by atoms with Crippen LogP contribution in [0.3, 0.4) is 0 Å². The monoisotopic (exact) mass is 323 g/mol. The summed E-state index contributed by atoms with van der Waals surface area (Å²) in [5.74, 6) is -0.153. The van der Waals surface area contributed by atoms with Crippen molar-refractivity contribution in [1.82, 2.24) is 4.98 Å².